The van der Waals surface area contributed by atoms with Crippen molar-refractivity contribution in [3.05, 3.63) is 0 Å². The van der Waals surface area contributed by atoms with Crippen LogP contribution in [0.5, 0.6) is 0 Å². The van der Waals surface area contributed by atoms with Crippen molar-refractivity contribution in [1.29, 1.82) is 0 Å². The molecule has 0 spiro atoms. The maximum atomic E-state index is 12.4. The summed E-state index contributed by atoms with van der Waals surface area (Å²) in [5.74, 6) is 0. The van der Waals surface area contributed by atoms with Gasteiger partial charge in [-0.15, -0.1) is 0 Å². The zero-order valence-electron chi connectivity index (χ0n) is 4.63. The van der Waals surface area contributed by atoms with Crippen LogP contribution in [0.4, 0.5) is 8.78 Å². The van der Waals surface area contributed by atoms with Crippen LogP contribution in [0.25, 0.3) is 0 Å². The van der Waals surface area contributed by atoms with E-state index in [0.29, 0.717) is 0 Å². The second-order valence-corrected chi connectivity index (χ2v) is 4.69. The Morgan fingerprint density at radius 3 is 1.55 bits per heavy atom. The van der Waals surface area contributed by atoms with Crippen LogP contribution in [0.1, 0.15) is 0 Å². The van der Waals surface area contributed by atoms with Crippen LogP contribution in [0, 0.1) is 0 Å². The Morgan fingerprint density at radius 1 is 1.09 bits per heavy atom. The van der Waals surface area contributed by atoms with Crippen molar-refractivity contribution in [2.24, 2.45) is 0 Å². The number of alkyl halides is 7. The van der Waals surface area contributed by atoms with Gasteiger partial charge in [0.05, 0.1) is 0 Å². The Kier molecular flexibility index (Phi) is 4.45. The van der Waals surface area contributed by atoms with Crippen molar-refractivity contribution in [2.75, 3.05) is 0 Å². The van der Waals surface area contributed by atoms with Gasteiger partial charge in [0.15, 0.2) is 0 Å². The lowest BCUT2D eigenvalue weighted by Gasteiger charge is -2.23. The van der Waals surface area contributed by atoms with Gasteiger partial charge in [-0.1, -0.05) is 58.0 Å². The van der Waals surface area contributed by atoms with Crippen LogP contribution < -0.4 is 0 Å². The van der Waals surface area contributed by atoms with E-state index in [9.17, 15) is 8.78 Å². The minimum absolute atomic E-state index is 1.75. The van der Waals surface area contributed by atoms with E-state index < -0.39 is 14.9 Å². The van der Waals surface area contributed by atoms with Crippen LogP contribution in [-0.2, 0) is 4.74 Å². The molecule has 8 heteroatoms. The molecule has 0 fully saturated rings. The van der Waals surface area contributed by atoms with E-state index in [2.05, 4.69) is 4.74 Å². The summed E-state index contributed by atoms with van der Waals surface area (Å²) in [6.07, 6.45) is -4.01. The summed E-state index contributed by atoms with van der Waals surface area (Å²) in [6, 6.07) is 0. The summed E-state index contributed by atoms with van der Waals surface area (Å²) in [4.78, 5) is 0. The quantitative estimate of drug-likeness (QED) is 0.693. The van der Waals surface area contributed by atoms with Crippen LogP contribution in [-0.4, -0.2) is 14.9 Å². The molecule has 0 aliphatic heterocycles. The Morgan fingerprint density at radius 2 is 1.45 bits per heavy atom. The predicted octanol–water partition coefficient (Wildman–Crippen LogP) is 3.73. The average molecular weight is 268 g/mol. The van der Waals surface area contributed by atoms with Crippen LogP contribution in [0.3, 0.4) is 0 Å². The van der Waals surface area contributed by atoms with Crippen molar-refractivity contribution >= 4 is 58.0 Å². The average Bonchev–Trinajstić information content (AvgIpc) is 1.56. The predicted molar refractivity (Wildman–Crippen MR) is 41.8 cm³/mol. The summed E-state index contributed by atoms with van der Waals surface area (Å²) in [5.41, 5.74) is 0. The van der Waals surface area contributed by atoms with E-state index in [1.165, 1.54) is 0 Å². The third-order valence-corrected chi connectivity index (χ3v) is 1.41. The van der Waals surface area contributed by atoms with Gasteiger partial charge in [-0.05, 0) is 0 Å². The molecular weight excluding hydrogens is 267 g/mol. The number of halogens is 7. The number of ether oxygens (including phenoxy) is 1. The van der Waals surface area contributed by atoms with Gasteiger partial charge in [0.25, 0.3) is 3.79 Å². The summed E-state index contributed by atoms with van der Waals surface area (Å²) >= 11 is 24.1. The SMILES string of the molecule is FC(F)(OC(Cl)Cl)C(Cl)(Cl)Cl. The molecule has 0 N–H and O–H groups in total. The Labute approximate surface area is 86.4 Å². The molecular formula is C3HCl5F2O. The van der Waals surface area contributed by atoms with Crippen LogP contribution in [0.2, 0.25) is 0 Å². The second-order valence-electron chi connectivity index (χ2n) is 1.39. The van der Waals surface area contributed by atoms with E-state index in [4.69, 9.17) is 58.0 Å². The lowest BCUT2D eigenvalue weighted by Crippen LogP contribution is -2.37. The third-order valence-electron chi connectivity index (χ3n) is 0.567. The molecule has 0 rings (SSSR count). The first-order chi connectivity index (χ1) is 4.67. The van der Waals surface area contributed by atoms with Crippen molar-refractivity contribution in [3.8, 4) is 0 Å². The fourth-order valence-corrected chi connectivity index (χ4v) is 0.536. The smallest absolute Gasteiger partial charge is 0.283 e. The van der Waals surface area contributed by atoms with E-state index in [-0.39, 0.29) is 0 Å². The molecule has 0 aliphatic carbocycles. The molecule has 0 saturated carbocycles. The number of rotatable bonds is 2. The van der Waals surface area contributed by atoms with Gasteiger partial charge in [-0.3, -0.25) is 4.74 Å². The number of hydrogen-bond acceptors (Lipinski definition) is 1. The Bertz CT molecular complexity index is 132. The van der Waals surface area contributed by atoms with Gasteiger partial charge < -0.3 is 0 Å². The monoisotopic (exact) mass is 266 g/mol. The van der Waals surface area contributed by atoms with Gasteiger partial charge in [-0.25, -0.2) is 0 Å². The maximum Gasteiger partial charge on any atom is 0.405 e. The first-order valence-electron chi connectivity index (χ1n) is 2.07. The van der Waals surface area contributed by atoms with Crippen LogP contribution >= 0.6 is 58.0 Å². The van der Waals surface area contributed by atoms with Gasteiger partial charge in [0.2, 0.25) is 5.02 Å². The molecule has 0 amide bonds. The standard InChI is InChI=1S/C3HCl5F2O/c4-1(5)11-3(9,10)2(6,7)8/h1H. The zero-order valence-corrected chi connectivity index (χ0v) is 8.41. The second kappa shape index (κ2) is 3.99. The van der Waals surface area contributed by atoms with Gasteiger partial charge in [0, 0.05) is 0 Å². The summed E-state index contributed by atoms with van der Waals surface area (Å²) < 4.78 is 25.5. The highest BCUT2D eigenvalue weighted by molar-refractivity contribution is 6.68. The minimum atomic E-state index is -4.01. The molecule has 0 saturated heterocycles. The van der Waals surface area contributed by atoms with Gasteiger partial charge >= 0.3 is 6.11 Å². The molecule has 0 atom stereocenters. The van der Waals surface area contributed by atoms with E-state index in [0.717, 1.165) is 0 Å². The molecule has 0 aliphatic rings. The van der Waals surface area contributed by atoms with Crippen molar-refractivity contribution < 1.29 is 13.5 Å². The first-order valence-corrected chi connectivity index (χ1v) is 4.08. The van der Waals surface area contributed by atoms with Gasteiger partial charge in [-0.2, -0.15) is 8.78 Å². The molecule has 0 aromatic rings. The lowest BCUT2D eigenvalue weighted by atomic mass is 10.7. The summed E-state index contributed by atoms with van der Waals surface area (Å²) in [5, 5.41) is -1.75. The highest BCUT2D eigenvalue weighted by Crippen LogP contribution is 2.44. The highest BCUT2D eigenvalue weighted by Gasteiger charge is 2.53. The molecule has 68 valence electrons. The summed E-state index contributed by atoms with van der Waals surface area (Å²) in [7, 11) is 0. The van der Waals surface area contributed by atoms with Crippen LogP contribution in [0.15, 0.2) is 0 Å². The molecule has 0 aromatic carbocycles. The van der Waals surface area contributed by atoms with E-state index in [1.807, 2.05) is 0 Å². The largest absolute Gasteiger partial charge is 0.405 e. The fraction of sp³-hybridized carbons (Fsp3) is 1.00. The molecule has 11 heavy (non-hydrogen) atoms. The molecule has 0 unspecified atom stereocenters. The van der Waals surface area contributed by atoms with Crippen molar-refractivity contribution in [2.45, 2.75) is 14.9 Å². The highest BCUT2D eigenvalue weighted by atomic mass is 35.6. The summed E-state index contributed by atoms with van der Waals surface area (Å²) in [6.45, 7) is 0. The lowest BCUT2D eigenvalue weighted by molar-refractivity contribution is -0.231. The van der Waals surface area contributed by atoms with E-state index in [1.54, 1.807) is 0 Å². The normalized spacial score (nSPS) is 14.2. The molecule has 0 radical (unpaired) electrons. The maximum absolute atomic E-state index is 12.4. The molecule has 0 aromatic heterocycles. The number of hydrogen-bond donors (Lipinski definition) is 0. The third kappa shape index (κ3) is 4.15. The first kappa shape index (κ1) is 12.3. The molecule has 1 nitrogen and oxygen atoms in total. The van der Waals surface area contributed by atoms with E-state index >= 15 is 0 Å². The topological polar surface area (TPSA) is 9.23 Å². The molecule has 0 heterocycles. The van der Waals surface area contributed by atoms with Gasteiger partial charge in [0.1, 0.15) is 0 Å². The Balaban J connectivity index is 4.22. The van der Waals surface area contributed by atoms with Crippen molar-refractivity contribution in [1.82, 2.24) is 0 Å². The zero-order chi connectivity index (χ0) is 9.28. The fourth-order valence-electron chi connectivity index (χ4n) is 0.179. The Hall–Kier alpha value is 1.27. The minimum Gasteiger partial charge on any atom is -0.283 e. The molecule has 0 bridgehead atoms. The van der Waals surface area contributed by atoms with Crippen molar-refractivity contribution in [3.63, 3.8) is 0 Å².